The smallest absolute Gasteiger partial charge is 0.268 e. The van der Waals surface area contributed by atoms with Crippen molar-refractivity contribution >= 4 is 15.9 Å². The van der Waals surface area contributed by atoms with Gasteiger partial charge in [0, 0.05) is 6.42 Å². The Balaban J connectivity index is 2.88. The van der Waals surface area contributed by atoms with Gasteiger partial charge in [0.05, 0.1) is 5.25 Å². The number of Topliss-reactive ketones (excluding diaryl/α,β-unsaturated/α-hetero) is 1. The SMILES string of the molecule is CC(=O)CCC1CC(C)=C(C)CC1S(=O)(=O)O. The quantitative estimate of drug-likeness (QED) is 0.622. The van der Waals surface area contributed by atoms with E-state index in [0.29, 0.717) is 25.7 Å². The molecule has 0 aromatic heterocycles. The number of allylic oxidation sites excluding steroid dienone is 2. The third-order valence-corrected chi connectivity index (χ3v) is 4.90. The van der Waals surface area contributed by atoms with Gasteiger partial charge in [0.1, 0.15) is 5.78 Å². The Morgan fingerprint density at radius 1 is 1.29 bits per heavy atom. The van der Waals surface area contributed by atoms with E-state index in [1.54, 1.807) is 0 Å². The van der Waals surface area contributed by atoms with Crippen molar-refractivity contribution in [3.05, 3.63) is 11.1 Å². The first-order valence-electron chi connectivity index (χ1n) is 5.82. The topological polar surface area (TPSA) is 71.4 Å². The first-order valence-corrected chi connectivity index (χ1v) is 7.33. The summed E-state index contributed by atoms with van der Waals surface area (Å²) >= 11 is 0. The fraction of sp³-hybridized carbons (Fsp3) is 0.750. The van der Waals surface area contributed by atoms with Crippen molar-refractivity contribution in [3.63, 3.8) is 0 Å². The molecule has 2 unspecified atom stereocenters. The molecule has 0 aromatic carbocycles. The minimum absolute atomic E-state index is 0.0583. The number of hydrogen-bond acceptors (Lipinski definition) is 3. The van der Waals surface area contributed by atoms with Crippen molar-refractivity contribution < 1.29 is 17.8 Å². The molecule has 4 nitrogen and oxygen atoms in total. The number of ketones is 1. The molecule has 98 valence electrons. The van der Waals surface area contributed by atoms with Crippen LogP contribution in [0.2, 0.25) is 0 Å². The van der Waals surface area contributed by atoms with E-state index >= 15 is 0 Å². The Hall–Kier alpha value is -0.680. The number of carbonyl (C=O) groups excluding carboxylic acids is 1. The standard InChI is InChI=1S/C12H20O4S/c1-8-6-11(5-4-10(3)13)12(7-9(8)2)17(14,15)16/h11-12H,4-7H2,1-3H3,(H,14,15,16). The van der Waals surface area contributed by atoms with Crippen LogP contribution in [0.4, 0.5) is 0 Å². The second-order valence-electron chi connectivity index (χ2n) is 5.02. The average molecular weight is 260 g/mol. The van der Waals surface area contributed by atoms with Crippen molar-refractivity contribution in [2.75, 3.05) is 0 Å². The molecule has 0 amide bonds. The van der Waals surface area contributed by atoms with Gasteiger partial charge in [0.2, 0.25) is 0 Å². The zero-order valence-corrected chi connectivity index (χ0v) is 11.4. The van der Waals surface area contributed by atoms with Gasteiger partial charge in [-0.3, -0.25) is 4.55 Å². The van der Waals surface area contributed by atoms with Gasteiger partial charge in [-0.05, 0) is 46.0 Å². The number of carbonyl (C=O) groups is 1. The summed E-state index contributed by atoms with van der Waals surface area (Å²) in [6.45, 7) is 5.38. The maximum Gasteiger partial charge on any atom is 0.268 e. The van der Waals surface area contributed by atoms with Gasteiger partial charge in [-0.15, -0.1) is 0 Å². The summed E-state index contributed by atoms with van der Waals surface area (Å²) in [6.07, 6.45) is 1.95. The van der Waals surface area contributed by atoms with Gasteiger partial charge in [-0.25, -0.2) is 0 Å². The predicted octanol–water partition coefficient (Wildman–Crippen LogP) is 2.36. The second kappa shape index (κ2) is 5.31. The van der Waals surface area contributed by atoms with Gasteiger partial charge in [0.25, 0.3) is 10.1 Å². The Morgan fingerprint density at radius 2 is 1.82 bits per heavy atom. The van der Waals surface area contributed by atoms with E-state index in [-0.39, 0.29) is 11.7 Å². The fourth-order valence-electron chi connectivity index (χ4n) is 2.37. The lowest BCUT2D eigenvalue weighted by Gasteiger charge is -2.30. The molecule has 0 spiro atoms. The highest BCUT2D eigenvalue weighted by Gasteiger charge is 2.35. The Kier molecular flexibility index (Phi) is 4.49. The van der Waals surface area contributed by atoms with Crippen LogP contribution >= 0.6 is 0 Å². The molecule has 1 aliphatic carbocycles. The minimum Gasteiger partial charge on any atom is -0.300 e. The van der Waals surface area contributed by atoms with E-state index in [0.717, 1.165) is 5.57 Å². The first kappa shape index (κ1) is 14.4. The van der Waals surface area contributed by atoms with E-state index in [1.807, 2.05) is 13.8 Å². The second-order valence-corrected chi connectivity index (χ2v) is 6.66. The molecular weight excluding hydrogens is 240 g/mol. The van der Waals surface area contributed by atoms with E-state index in [9.17, 15) is 17.8 Å². The highest BCUT2D eigenvalue weighted by atomic mass is 32.2. The molecule has 1 rings (SSSR count). The Morgan fingerprint density at radius 3 is 2.29 bits per heavy atom. The van der Waals surface area contributed by atoms with E-state index in [4.69, 9.17) is 0 Å². The summed E-state index contributed by atoms with van der Waals surface area (Å²) in [5.74, 6) is -0.0828. The molecule has 0 saturated heterocycles. The van der Waals surface area contributed by atoms with E-state index in [2.05, 4.69) is 0 Å². The predicted molar refractivity (Wildman–Crippen MR) is 66.3 cm³/mol. The number of hydrogen-bond donors (Lipinski definition) is 1. The van der Waals surface area contributed by atoms with Gasteiger partial charge in [-0.1, -0.05) is 11.1 Å². The molecule has 1 N–H and O–H groups in total. The van der Waals surface area contributed by atoms with Crippen molar-refractivity contribution in [2.24, 2.45) is 5.92 Å². The maximum atomic E-state index is 11.3. The summed E-state index contributed by atoms with van der Waals surface area (Å²) in [4.78, 5) is 11.0. The van der Waals surface area contributed by atoms with Crippen LogP contribution in [0.25, 0.3) is 0 Å². The van der Waals surface area contributed by atoms with Gasteiger partial charge in [0.15, 0.2) is 0 Å². The van der Waals surface area contributed by atoms with Crippen LogP contribution in [0.3, 0.4) is 0 Å². The summed E-state index contributed by atoms with van der Waals surface area (Å²) in [5.41, 5.74) is 2.21. The van der Waals surface area contributed by atoms with Crippen LogP contribution in [0.1, 0.15) is 46.5 Å². The monoisotopic (exact) mass is 260 g/mol. The fourth-order valence-corrected chi connectivity index (χ4v) is 3.55. The normalized spacial score (nSPS) is 26.1. The molecule has 0 aromatic rings. The molecular formula is C12H20O4S. The molecule has 0 fully saturated rings. The van der Waals surface area contributed by atoms with Crippen LogP contribution in [0.5, 0.6) is 0 Å². The third-order valence-electron chi connectivity index (χ3n) is 3.58. The molecule has 0 aliphatic heterocycles. The molecule has 2 atom stereocenters. The van der Waals surface area contributed by atoms with Crippen molar-refractivity contribution in [1.82, 2.24) is 0 Å². The molecule has 0 saturated carbocycles. The summed E-state index contributed by atoms with van der Waals surface area (Å²) in [7, 11) is -4.02. The lowest BCUT2D eigenvalue weighted by Crippen LogP contribution is -2.33. The van der Waals surface area contributed by atoms with E-state index in [1.165, 1.54) is 12.5 Å². The first-order chi connectivity index (χ1) is 7.71. The molecule has 0 bridgehead atoms. The van der Waals surface area contributed by atoms with E-state index < -0.39 is 15.4 Å². The molecule has 17 heavy (non-hydrogen) atoms. The lowest BCUT2D eigenvalue weighted by atomic mass is 9.82. The van der Waals surface area contributed by atoms with Crippen LogP contribution < -0.4 is 0 Å². The minimum atomic E-state index is -4.02. The van der Waals surface area contributed by atoms with Crippen molar-refractivity contribution in [1.29, 1.82) is 0 Å². The zero-order chi connectivity index (χ0) is 13.2. The van der Waals surface area contributed by atoms with Crippen molar-refractivity contribution in [3.8, 4) is 0 Å². The summed E-state index contributed by atoms with van der Waals surface area (Å²) < 4.78 is 31.9. The summed E-state index contributed by atoms with van der Waals surface area (Å²) in [6, 6.07) is 0. The lowest BCUT2D eigenvalue weighted by molar-refractivity contribution is -0.117. The molecule has 0 heterocycles. The highest BCUT2D eigenvalue weighted by molar-refractivity contribution is 7.86. The zero-order valence-electron chi connectivity index (χ0n) is 10.6. The van der Waals surface area contributed by atoms with Crippen LogP contribution in [0, 0.1) is 5.92 Å². The van der Waals surface area contributed by atoms with Crippen LogP contribution in [0.15, 0.2) is 11.1 Å². The van der Waals surface area contributed by atoms with Gasteiger partial charge in [-0.2, -0.15) is 8.42 Å². The maximum absolute atomic E-state index is 11.3. The Labute approximate surface area is 103 Å². The third kappa shape index (κ3) is 3.92. The van der Waals surface area contributed by atoms with Crippen LogP contribution in [-0.2, 0) is 14.9 Å². The highest BCUT2D eigenvalue weighted by Crippen LogP contribution is 2.35. The van der Waals surface area contributed by atoms with Gasteiger partial charge < -0.3 is 4.79 Å². The van der Waals surface area contributed by atoms with Crippen LogP contribution in [-0.4, -0.2) is 24.0 Å². The summed E-state index contributed by atoms with van der Waals surface area (Å²) in [5, 5.41) is -0.745. The van der Waals surface area contributed by atoms with Gasteiger partial charge >= 0.3 is 0 Å². The Bertz CT molecular complexity index is 433. The molecule has 0 radical (unpaired) electrons. The van der Waals surface area contributed by atoms with Crippen molar-refractivity contribution in [2.45, 2.75) is 51.7 Å². The number of rotatable bonds is 4. The largest absolute Gasteiger partial charge is 0.300 e. The molecule has 1 aliphatic rings. The molecule has 5 heteroatoms. The average Bonchev–Trinajstić information content (AvgIpc) is 2.17.